The van der Waals surface area contributed by atoms with Crippen LogP contribution in [0.1, 0.15) is 72.5 Å². The van der Waals surface area contributed by atoms with E-state index in [2.05, 4.69) is 56.4 Å². The molecule has 0 bridgehead atoms. The number of piperidine rings is 2. The van der Waals surface area contributed by atoms with E-state index in [9.17, 15) is 37.5 Å². The predicted octanol–water partition coefficient (Wildman–Crippen LogP) is 3.58. The van der Waals surface area contributed by atoms with Gasteiger partial charge in [0, 0.05) is 77.7 Å². The number of halogens is 3. The number of benzene rings is 2. The van der Waals surface area contributed by atoms with Gasteiger partial charge in [0.25, 0.3) is 11.8 Å². The molecule has 0 spiro atoms. The first-order valence-electron chi connectivity index (χ1n) is 28.5. The zero-order chi connectivity index (χ0) is 59.1. The van der Waals surface area contributed by atoms with Gasteiger partial charge in [-0.3, -0.25) is 52.8 Å². The topological polar surface area (TPSA) is 276 Å². The van der Waals surface area contributed by atoms with Crippen LogP contribution in [0.4, 0.5) is 18.9 Å². The van der Waals surface area contributed by atoms with Gasteiger partial charge in [-0.05, 0) is 81.8 Å². The Kier molecular flexibility index (Phi) is 18.4. The number of H-pyrrole nitrogens is 1. The van der Waals surface area contributed by atoms with Gasteiger partial charge in [0.05, 0.1) is 107 Å². The van der Waals surface area contributed by atoms with Crippen LogP contribution in [0.2, 0.25) is 0 Å². The number of anilines is 1. The van der Waals surface area contributed by atoms with Gasteiger partial charge >= 0.3 is 5.97 Å². The summed E-state index contributed by atoms with van der Waals surface area (Å²) in [5, 5.41) is 32.6. The Hall–Kier alpha value is -7.75. The van der Waals surface area contributed by atoms with E-state index in [0.29, 0.717) is 128 Å². The maximum atomic E-state index is 15.9. The zero-order valence-corrected chi connectivity index (χ0v) is 47.4. The number of methoxy groups -OCH3 is 1. The Morgan fingerprint density at radius 1 is 0.798 bits per heavy atom. The molecule has 2 atom stereocenters. The van der Waals surface area contributed by atoms with Crippen LogP contribution >= 0.6 is 0 Å². The van der Waals surface area contributed by atoms with Gasteiger partial charge in [0.15, 0.2) is 5.69 Å². The van der Waals surface area contributed by atoms with E-state index in [4.69, 9.17) is 14.2 Å². The number of alkyl halides is 2. The van der Waals surface area contributed by atoms with Gasteiger partial charge in [-0.1, -0.05) is 19.1 Å². The average molecular weight is 1170 g/mol. The van der Waals surface area contributed by atoms with Crippen molar-refractivity contribution in [2.75, 3.05) is 104 Å². The number of nitrogens with one attached hydrogen (secondary N) is 5. The van der Waals surface area contributed by atoms with Gasteiger partial charge in [0.1, 0.15) is 18.9 Å². The molecule has 6 aromatic rings. The van der Waals surface area contributed by atoms with Gasteiger partial charge in [-0.25, -0.2) is 13.2 Å². The molecule has 6 heterocycles. The first kappa shape index (κ1) is 59.4. The Bertz CT molecular complexity index is 3380. The number of esters is 1. The molecule has 4 aromatic heterocycles. The molecule has 4 aliphatic rings. The quantitative estimate of drug-likeness (QED) is 0.0384. The number of fused-ring (bicyclic) bond motifs is 4. The van der Waals surface area contributed by atoms with Crippen molar-refractivity contribution in [3.05, 3.63) is 77.4 Å². The number of hydrogen-bond acceptors (Lipinski definition) is 15. The van der Waals surface area contributed by atoms with Crippen molar-refractivity contribution in [2.24, 2.45) is 17.3 Å². The molecule has 2 aliphatic carbocycles. The molecule has 2 saturated heterocycles. The molecule has 24 nitrogen and oxygen atoms in total. The molecule has 0 unspecified atom stereocenters. The summed E-state index contributed by atoms with van der Waals surface area (Å²) in [6, 6.07) is 8.73. The number of amides is 5. The molecule has 0 radical (unpaired) electrons. The van der Waals surface area contributed by atoms with E-state index in [1.54, 1.807) is 55.3 Å². The summed E-state index contributed by atoms with van der Waals surface area (Å²) >= 11 is 0. The molecule has 2 aliphatic heterocycles. The number of aromatic amines is 1. The van der Waals surface area contributed by atoms with Crippen molar-refractivity contribution >= 4 is 63.0 Å². The highest BCUT2D eigenvalue weighted by Crippen LogP contribution is 2.70. The van der Waals surface area contributed by atoms with Crippen molar-refractivity contribution < 1.29 is 60.9 Å². The largest absolute Gasteiger partial charge is 0.468 e. The van der Waals surface area contributed by atoms with Gasteiger partial charge in [0.2, 0.25) is 23.6 Å². The molecule has 5 amide bonds. The Morgan fingerprint density at radius 3 is 2.29 bits per heavy atom. The highest BCUT2D eigenvalue weighted by molar-refractivity contribution is 6.04. The first-order chi connectivity index (χ1) is 40.5. The van der Waals surface area contributed by atoms with Crippen LogP contribution in [0.5, 0.6) is 0 Å². The lowest BCUT2D eigenvalue weighted by Crippen LogP contribution is -2.42. The number of ether oxygens (including phenoxy) is 4. The van der Waals surface area contributed by atoms with Gasteiger partial charge in [-0.15, -0.1) is 0 Å². The van der Waals surface area contributed by atoms with Crippen LogP contribution in [0.15, 0.2) is 48.9 Å². The second-order valence-corrected chi connectivity index (χ2v) is 22.2. The van der Waals surface area contributed by atoms with E-state index in [-0.39, 0.29) is 75.6 Å². The third-order valence-corrected chi connectivity index (χ3v) is 16.7. The van der Waals surface area contributed by atoms with Crippen LogP contribution in [0.25, 0.3) is 32.9 Å². The van der Waals surface area contributed by atoms with Gasteiger partial charge < -0.3 is 45.1 Å². The predicted molar refractivity (Wildman–Crippen MR) is 298 cm³/mol. The van der Waals surface area contributed by atoms with Crippen molar-refractivity contribution in [1.82, 2.24) is 65.3 Å². The molecule has 1 saturated carbocycles. The number of carbonyl (C=O) groups is 6. The lowest BCUT2D eigenvalue weighted by molar-refractivity contribution is -0.141. The van der Waals surface area contributed by atoms with Crippen molar-refractivity contribution in [3.8, 4) is 11.1 Å². The number of aryl methyl sites for hydroxylation is 1. The second kappa shape index (κ2) is 26.0. The maximum absolute atomic E-state index is 15.9. The third kappa shape index (κ3) is 13.4. The van der Waals surface area contributed by atoms with Crippen molar-refractivity contribution in [2.45, 2.75) is 83.8 Å². The van der Waals surface area contributed by atoms with Crippen LogP contribution in [-0.2, 0) is 68.9 Å². The summed E-state index contributed by atoms with van der Waals surface area (Å²) in [6.45, 7) is 8.39. The van der Waals surface area contributed by atoms with Crippen LogP contribution < -0.4 is 21.3 Å². The van der Waals surface area contributed by atoms with Crippen molar-refractivity contribution in [3.63, 3.8) is 0 Å². The minimum atomic E-state index is -2.75. The molecule has 2 aromatic carbocycles. The highest BCUT2D eigenvalue weighted by atomic mass is 19.3. The smallest absolute Gasteiger partial charge is 0.325 e. The van der Waals surface area contributed by atoms with Crippen LogP contribution in [0.3, 0.4) is 0 Å². The molecule has 27 heteroatoms. The molecule has 450 valence electrons. The second-order valence-electron chi connectivity index (χ2n) is 22.2. The third-order valence-electron chi connectivity index (χ3n) is 16.7. The SMILES string of the molecule is COC(=O)CNC(=O)CNC(=O)Cn1nc(C)c2c(-c3cc4c(cnn4CC4CCN(CC(=O)NCCOCCOCCOCCC(=O)N5CCC(n6cc(NC(=O)c7n[nH]c8c7C[C@H]7C(F)(F)[C@@]7(C)C8)cn6)CC5)CC4)cc3F)cccc21. The standard InChI is InChI=1S/C57H71F3N14O10/c1-35-53-40(5-4-6-45(53)74(69-35)34-50(77)62-29-48(75)63-30-52(79)81-3)41-24-46-37(23-43(41)58)27-64-73(46)31-36-7-13-70(14-8-36)33-49(76)61-12-18-83-20-22-84-21-19-82-17-11-51(78)71-15-9-39(10-16-71)72-32-38(28-65-72)66-55(80)54-42-25-47-56(2,57(47,59)60)26-44(42)67-68-54/h4-6,23-24,27-28,32,36,39,47H,7-22,25-26,29-31,33-34H2,1-3H3,(H,61,76)(H,62,77)(H,63,75)(H,66,80)(H,67,68)/t47-,56+/m1/s1. The van der Waals surface area contributed by atoms with E-state index in [1.165, 1.54) is 17.9 Å². The fourth-order valence-electron chi connectivity index (χ4n) is 11.8. The number of hydrogen-bond donors (Lipinski definition) is 5. The van der Waals surface area contributed by atoms with E-state index in [0.717, 1.165) is 31.4 Å². The van der Waals surface area contributed by atoms with E-state index < -0.39 is 46.8 Å². The summed E-state index contributed by atoms with van der Waals surface area (Å²) in [5.74, 6) is -5.84. The first-order valence-corrected chi connectivity index (χ1v) is 28.5. The molecular formula is C57H71F3N14O10. The molecule has 5 N–H and O–H groups in total. The van der Waals surface area contributed by atoms with Gasteiger partial charge in [-0.2, -0.15) is 20.4 Å². The number of rotatable bonds is 26. The maximum Gasteiger partial charge on any atom is 0.325 e. The summed E-state index contributed by atoms with van der Waals surface area (Å²) in [4.78, 5) is 78.9. The number of aromatic nitrogens is 8. The molecule has 84 heavy (non-hydrogen) atoms. The normalized spacial score (nSPS) is 18.8. The number of nitrogens with zero attached hydrogens (tertiary/aromatic N) is 9. The fourth-order valence-corrected chi connectivity index (χ4v) is 11.8. The average Bonchev–Trinajstić information content (AvgIpc) is 1.55. The Morgan fingerprint density at radius 2 is 1.52 bits per heavy atom. The lowest BCUT2D eigenvalue weighted by atomic mass is 9.87. The minimum Gasteiger partial charge on any atom is -0.468 e. The van der Waals surface area contributed by atoms with E-state index in [1.807, 2.05) is 15.6 Å². The number of likely N-dealkylation sites (tertiary alicyclic amines) is 2. The monoisotopic (exact) mass is 1170 g/mol. The van der Waals surface area contributed by atoms with Crippen LogP contribution in [0, 0.1) is 30.0 Å². The highest BCUT2D eigenvalue weighted by Gasteiger charge is 2.78. The van der Waals surface area contributed by atoms with Crippen molar-refractivity contribution in [1.29, 1.82) is 0 Å². The summed E-state index contributed by atoms with van der Waals surface area (Å²) in [5.41, 5.74) is 3.66. The van der Waals surface area contributed by atoms with Crippen LogP contribution in [-0.4, -0.2) is 190 Å². The number of carbonyl (C=O) groups excluding carboxylic acids is 6. The molecule has 3 fully saturated rings. The Balaban J connectivity index is 0.556. The summed E-state index contributed by atoms with van der Waals surface area (Å²) in [7, 11) is 1.20. The zero-order valence-electron chi connectivity index (χ0n) is 47.4. The summed E-state index contributed by atoms with van der Waals surface area (Å²) in [6.07, 6.45) is 8.58. The van der Waals surface area contributed by atoms with E-state index >= 15 is 4.39 Å². The molecule has 10 rings (SSSR count). The minimum absolute atomic E-state index is 0.00793. The Labute approximate surface area is 481 Å². The fraction of sp³-hybridized carbons (Fsp3) is 0.544. The summed E-state index contributed by atoms with van der Waals surface area (Å²) < 4.78 is 71.3. The lowest BCUT2D eigenvalue weighted by Gasteiger charge is -2.32. The molecular weight excluding hydrogens is 1100 g/mol.